The summed E-state index contributed by atoms with van der Waals surface area (Å²) >= 11 is 1.15. The van der Waals surface area contributed by atoms with Crippen LogP contribution in [-0.2, 0) is 10.2 Å². The van der Waals surface area contributed by atoms with Crippen molar-refractivity contribution in [2.45, 2.75) is 31.3 Å². The molecule has 31 heavy (non-hydrogen) atoms. The molecule has 11 heteroatoms. The van der Waals surface area contributed by atoms with E-state index in [1.54, 1.807) is 12.1 Å². The number of hydrogen-bond donors (Lipinski definition) is 2. The maximum Gasteiger partial charge on any atom is 0.322 e. The first kappa shape index (κ1) is 20.7. The van der Waals surface area contributed by atoms with Gasteiger partial charge in [0.05, 0.1) is 12.0 Å². The monoisotopic (exact) mass is 439 g/mol. The van der Waals surface area contributed by atoms with E-state index in [4.69, 9.17) is 14.7 Å². The van der Waals surface area contributed by atoms with Crippen LogP contribution in [0.5, 0.6) is 0 Å². The fraction of sp³-hybridized carbons (Fsp3) is 0.250. The minimum atomic E-state index is -0.348. The number of hydrogen-bond acceptors (Lipinski definition) is 9. The van der Waals surface area contributed by atoms with Crippen molar-refractivity contribution in [1.29, 1.82) is 0 Å². The third kappa shape index (κ3) is 4.61. The van der Waals surface area contributed by atoms with E-state index >= 15 is 0 Å². The van der Waals surface area contributed by atoms with Gasteiger partial charge in [0, 0.05) is 5.56 Å². The van der Waals surface area contributed by atoms with Crippen molar-refractivity contribution in [3.8, 4) is 23.0 Å². The number of anilines is 1. The van der Waals surface area contributed by atoms with E-state index < -0.39 is 0 Å². The van der Waals surface area contributed by atoms with Crippen molar-refractivity contribution in [2.75, 3.05) is 16.9 Å². The summed E-state index contributed by atoms with van der Waals surface area (Å²) in [5.74, 6) is 6.95. The summed E-state index contributed by atoms with van der Waals surface area (Å²) in [7, 11) is 0. The minimum Gasteiger partial charge on any atom is -0.459 e. The van der Waals surface area contributed by atoms with Crippen LogP contribution in [0.15, 0.2) is 56.7 Å². The van der Waals surface area contributed by atoms with Gasteiger partial charge in [0.15, 0.2) is 11.6 Å². The Labute approximate surface area is 182 Å². The summed E-state index contributed by atoms with van der Waals surface area (Å²) in [5.41, 5.74) is 2.11. The third-order valence-electron chi connectivity index (χ3n) is 4.41. The number of nitrogens with one attached hydrogen (secondary N) is 1. The number of aromatic nitrogens is 5. The molecule has 3 heterocycles. The second kappa shape index (κ2) is 8.26. The van der Waals surface area contributed by atoms with E-state index in [9.17, 15) is 4.79 Å². The van der Waals surface area contributed by atoms with Gasteiger partial charge < -0.3 is 14.7 Å². The highest BCUT2D eigenvalue weighted by atomic mass is 32.2. The van der Waals surface area contributed by atoms with E-state index in [1.165, 1.54) is 16.5 Å². The van der Waals surface area contributed by atoms with Crippen LogP contribution in [0.25, 0.3) is 23.0 Å². The molecular formula is C20H21N7O3S. The second-order valence-electron chi connectivity index (χ2n) is 7.73. The molecule has 0 saturated carbocycles. The molecule has 0 spiro atoms. The summed E-state index contributed by atoms with van der Waals surface area (Å²) < 4.78 is 11.9. The maximum absolute atomic E-state index is 12.2. The van der Waals surface area contributed by atoms with E-state index in [0.29, 0.717) is 16.7 Å². The van der Waals surface area contributed by atoms with Crippen LogP contribution in [0.3, 0.4) is 0 Å². The number of nitrogen functional groups attached to an aromatic ring is 1. The number of benzene rings is 1. The molecule has 0 aliphatic rings. The lowest BCUT2D eigenvalue weighted by Gasteiger charge is -2.19. The molecule has 3 aromatic heterocycles. The van der Waals surface area contributed by atoms with Gasteiger partial charge in [0.1, 0.15) is 0 Å². The van der Waals surface area contributed by atoms with Crippen LogP contribution < -0.4 is 11.2 Å². The molecule has 1 amide bonds. The number of carbonyl (C=O) groups is 1. The Balaban J connectivity index is 1.37. The molecule has 0 unspecified atom stereocenters. The molecule has 0 radical (unpaired) electrons. The molecule has 0 atom stereocenters. The number of thioether (sulfide) groups is 1. The van der Waals surface area contributed by atoms with Crippen LogP contribution in [-0.4, -0.2) is 36.7 Å². The first-order chi connectivity index (χ1) is 14.8. The first-order valence-corrected chi connectivity index (χ1v) is 10.4. The molecule has 10 nitrogen and oxygen atoms in total. The van der Waals surface area contributed by atoms with Crippen LogP contribution in [0, 0.1) is 0 Å². The highest BCUT2D eigenvalue weighted by molar-refractivity contribution is 7.99. The van der Waals surface area contributed by atoms with Gasteiger partial charge in [-0.05, 0) is 23.1 Å². The van der Waals surface area contributed by atoms with E-state index in [2.05, 4.69) is 46.5 Å². The van der Waals surface area contributed by atoms with Crippen molar-refractivity contribution in [3.63, 3.8) is 0 Å². The Morgan fingerprint density at radius 3 is 2.58 bits per heavy atom. The van der Waals surface area contributed by atoms with Crippen LogP contribution in [0.1, 0.15) is 26.3 Å². The molecule has 3 N–H and O–H groups in total. The van der Waals surface area contributed by atoms with Gasteiger partial charge in [-0.25, -0.2) is 4.68 Å². The normalized spacial score (nSPS) is 11.6. The van der Waals surface area contributed by atoms with Crippen molar-refractivity contribution in [3.05, 3.63) is 48.2 Å². The van der Waals surface area contributed by atoms with Crippen molar-refractivity contribution in [2.24, 2.45) is 0 Å². The predicted octanol–water partition coefficient (Wildman–Crippen LogP) is 3.33. The van der Waals surface area contributed by atoms with E-state index in [0.717, 1.165) is 17.3 Å². The number of nitrogens with zero attached hydrogens (tertiary/aromatic N) is 5. The lowest BCUT2D eigenvalue weighted by Crippen LogP contribution is -2.16. The third-order valence-corrected chi connectivity index (χ3v) is 5.35. The van der Waals surface area contributed by atoms with E-state index in [-0.39, 0.29) is 29.0 Å². The van der Waals surface area contributed by atoms with Crippen LogP contribution in [0.2, 0.25) is 0 Å². The molecular weight excluding hydrogens is 418 g/mol. The van der Waals surface area contributed by atoms with Gasteiger partial charge in [-0.2, -0.15) is 0 Å². The van der Waals surface area contributed by atoms with Gasteiger partial charge in [-0.3, -0.25) is 10.1 Å². The summed E-state index contributed by atoms with van der Waals surface area (Å²) in [6.45, 7) is 6.46. The maximum atomic E-state index is 12.2. The highest BCUT2D eigenvalue weighted by Gasteiger charge is 2.18. The second-order valence-corrected chi connectivity index (χ2v) is 8.67. The fourth-order valence-corrected chi connectivity index (χ4v) is 3.41. The molecule has 0 saturated heterocycles. The Kier molecular flexibility index (Phi) is 5.51. The van der Waals surface area contributed by atoms with E-state index in [1.807, 2.05) is 24.3 Å². The SMILES string of the molecule is CC(C)(C)c1ccc(-c2nnc(SCC(=O)Nc3nnc(-c4ccco4)o3)n2N)cc1. The highest BCUT2D eigenvalue weighted by Crippen LogP contribution is 2.26. The van der Waals surface area contributed by atoms with Crippen LogP contribution in [0.4, 0.5) is 6.01 Å². The van der Waals surface area contributed by atoms with Gasteiger partial charge in [0.2, 0.25) is 11.1 Å². The molecule has 1 aromatic carbocycles. The quantitative estimate of drug-likeness (QED) is 0.342. The summed E-state index contributed by atoms with van der Waals surface area (Å²) in [5, 5.41) is 18.8. The predicted molar refractivity (Wildman–Crippen MR) is 116 cm³/mol. The van der Waals surface area contributed by atoms with Crippen molar-refractivity contribution >= 4 is 23.7 Å². The van der Waals surface area contributed by atoms with Crippen molar-refractivity contribution < 1.29 is 13.6 Å². The zero-order valence-electron chi connectivity index (χ0n) is 17.2. The Hall–Kier alpha value is -3.60. The molecule has 0 fully saturated rings. The summed E-state index contributed by atoms with van der Waals surface area (Å²) in [6.07, 6.45) is 1.49. The summed E-state index contributed by atoms with van der Waals surface area (Å²) in [4.78, 5) is 12.2. The van der Waals surface area contributed by atoms with Gasteiger partial charge >= 0.3 is 6.01 Å². The van der Waals surface area contributed by atoms with Gasteiger partial charge in [0.25, 0.3) is 5.89 Å². The standard InChI is InChI=1S/C20H21N7O3S/c1-20(2,3)13-8-6-12(7-9-13)16-23-26-19(27(16)21)31-11-15(28)22-18-25-24-17(30-18)14-5-4-10-29-14/h4-10H,11,21H2,1-3H3,(H,22,25,28). The number of nitrogens with two attached hydrogens (primary N) is 1. The average molecular weight is 440 g/mol. The number of carbonyl (C=O) groups excluding carboxylic acids is 1. The lowest BCUT2D eigenvalue weighted by molar-refractivity contribution is -0.113. The average Bonchev–Trinajstić information content (AvgIpc) is 3.47. The molecule has 0 aliphatic heterocycles. The van der Waals surface area contributed by atoms with Crippen LogP contribution >= 0.6 is 11.8 Å². The molecule has 0 bridgehead atoms. The zero-order chi connectivity index (χ0) is 22.0. The number of rotatable bonds is 6. The molecule has 160 valence electrons. The van der Waals surface area contributed by atoms with Gasteiger partial charge in [-0.15, -0.1) is 15.3 Å². The summed E-state index contributed by atoms with van der Waals surface area (Å²) in [6, 6.07) is 11.4. The van der Waals surface area contributed by atoms with Crippen molar-refractivity contribution in [1.82, 2.24) is 25.1 Å². The molecule has 4 rings (SSSR count). The zero-order valence-corrected chi connectivity index (χ0v) is 18.0. The van der Waals surface area contributed by atoms with Gasteiger partial charge in [-0.1, -0.05) is 61.9 Å². The minimum absolute atomic E-state index is 0.0224. The lowest BCUT2D eigenvalue weighted by atomic mass is 9.87. The Morgan fingerprint density at radius 2 is 1.90 bits per heavy atom. The first-order valence-electron chi connectivity index (χ1n) is 9.43. The molecule has 0 aliphatic carbocycles. The largest absolute Gasteiger partial charge is 0.459 e. The fourth-order valence-electron chi connectivity index (χ4n) is 2.75. The smallest absolute Gasteiger partial charge is 0.322 e. The number of furan rings is 1. The topological polar surface area (TPSA) is 138 Å². The Morgan fingerprint density at radius 1 is 1.13 bits per heavy atom. The Bertz CT molecular complexity index is 1170. The molecule has 4 aromatic rings. The number of amides is 1.